The Kier molecular flexibility index (Phi) is 3.08. The van der Waals surface area contributed by atoms with Gasteiger partial charge in [0, 0.05) is 23.9 Å². The standard InChI is InChI=1S/C11H9ClN2OS/c12-10-3-8(2-1-7(10)5-13)14-6-9(16)4-11(14)15/h1-3,9,16H,4,6H2. The van der Waals surface area contributed by atoms with Crippen molar-refractivity contribution in [3.8, 4) is 6.07 Å². The number of hydrogen-bond donors (Lipinski definition) is 1. The van der Waals surface area contributed by atoms with Crippen molar-refractivity contribution >= 4 is 35.8 Å². The molecular formula is C11H9ClN2OS. The van der Waals surface area contributed by atoms with Crippen molar-refractivity contribution in [2.45, 2.75) is 11.7 Å². The maximum Gasteiger partial charge on any atom is 0.228 e. The van der Waals surface area contributed by atoms with Crippen molar-refractivity contribution in [3.63, 3.8) is 0 Å². The van der Waals surface area contributed by atoms with E-state index in [-0.39, 0.29) is 11.2 Å². The SMILES string of the molecule is N#Cc1ccc(N2CC(S)CC2=O)cc1Cl. The molecule has 16 heavy (non-hydrogen) atoms. The number of hydrogen-bond acceptors (Lipinski definition) is 3. The zero-order valence-corrected chi connectivity index (χ0v) is 10.0. The normalized spacial score (nSPS) is 19.9. The summed E-state index contributed by atoms with van der Waals surface area (Å²) in [6, 6.07) is 6.98. The average molecular weight is 253 g/mol. The molecular weight excluding hydrogens is 244 g/mol. The van der Waals surface area contributed by atoms with E-state index in [1.807, 2.05) is 6.07 Å². The van der Waals surface area contributed by atoms with E-state index >= 15 is 0 Å². The summed E-state index contributed by atoms with van der Waals surface area (Å²) >= 11 is 10.2. The Morgan fingerprint density at radius 2 is 2.31 bits per heavy atom. The van der Waals surface area contributed by atoms with Crippen molar-refractivity contribution in [2.75, 3.05) is 11.4 Å². The highest BCUT2D eigenvalue weighted by molar-refractivity contribution is 7.81. The quantitative estimate of drug-likeness (QED) is 0.779. The van der Waals surface area contributed by atoms with Crippen LogP contribution in [0.5, 0.6) is 0 Å². The third kappa shape index (κ3) is 2.01. The molecule has 1 saturated heterocycles. The van der Waals surface area contributed by atoms with Gasteiger partial charge in [0.05, 0.1) is 10.6 Å². The second kappa shape index (κ2) is 4.36. The zero-order chi connectivity index (χ0) is 11.7. The van der Waals surface area contributed by atoms with Crippen molar-refractivity contribution in [1.29, 1.82) is 5.26 Å². The summed E-state index contributed by atoms with van der Waals surface area (Å²) in [5.41, 5.74) is 1.14. The highest BCUT2D eigenvalue weighted by atomic mass is 35.5. The lowest BCUT2D eigenvalue weighted by atomic mass is 10.2. The number of carbonyl (C=O) groups is 1. The fraction of sp³-hybridized carbons (Fsp3) is 0.273. The van der Waals surface area contributed by atoms with Gasteiger partial charge in [0.1, 0.15) is 6.07 Å². The molecule has 1 aliphatic heterocycles. The number of anilines is 1. The molecule has 1 amide bonds. The predicted octanol–water partition coefficient (Wildman–Crippen LogP) is 2.25. The Bertz CT molecular complexity index is 483. The van der Waals surface area contributed by atoms with E-state index in [9.17, 15) is 4.79 Å². The first-order chi connectivity index (χ1) is 7.61. The molecule has 1 aliphatic rings. The molecule has 1 heterocycles. The second-order valence-electron chi connectivity index (χ2n) is 3.64. The molecule has 1 atom stereocenters. The third-order valence-electron chi connectivity index (χ3n) is 2.49. The molecule has 1 fully saturated rings. The van der Waals surface area contributed by atoms with Gasteiger partial charge in [-0.15, -0.1) is 0 Å². The summed E-state index contributed by atoms with van der Waals surface area (Å²) in [7, 11) is 0. The molecule has 0 radical (unpaired) electrons. The minimum atomic E-state index is 0.0424. The Morgan fingerprint density at radius 1 is 1.56 bits per heavy atom. The summed E-state index contributed by atoms with van der Waals surface area (Å²) < 4.78 is 0. The average Bonchev–Trinajstić information content (AvgIpc) is 2.58. The van der Waals surface area contributed by atoms with Crippen molar-refractivity contribution in [2.24, 2.45) is 0 Å². The molecule has 1 aromatic carbocycles. The van der Waals surface area contributed by atoms with Crippen LogP contribution in [0.15, 0.2) is 18.2 Å². The number of nitriles is 1. The first-order valence-corrected chi connectivity index (χ1v) is 5.69. The fourth-order valence-corrected chi connectivity index (χ4v) is 2.24. The van der Waals surface area contributed by atoms with Gasteiger partial charge in [-0.3, -0.25) is 4.79 Å². The maximum atomic E-state index is 11.6. The van der Waals surface area contributed by atoms with Gasteiger partial charge in [0.25, 0.3) is 0 Å². The van der Waals surface area contributed by atoms with Crippen LogP contribution in [0, 0.1) is 11.3 Å². The number of rotatable bonds is 1. The molecule has 3 nitrogen and oxygen atoms in total. The van der Waals surface area contributed by atoms with Crippen LogP contribution >= 0.6 is 24.2 Å². The molecule has 0 saturated carbocycles. The van der Waals surface area contributed by atoms with Crippen molar-refractivity contribution in [3.05, 3.63) is 28.8 Å². The molecule has 0 spiro atoms. The Morgan fingerprint density at radius 3 is 2.81 bits per heavy atom. The monoisotopic (exact) mass is 252 g/mol. The van der Waals surface area contributed by atoms with Crippen molar-refractivity contribution in [1.82, 2.24) is 0 Å². The molecule has 0 N–H and O–H groups in total. The molecule has 2 rings (SSSR count). The zero-order valence-electron chi connectivity index (χ0n) is 8.35. The van der Waals surface area contributed by atoms with Gasteiger partial charge in [0.15, 0.2) is 0 Å². The smallest absolute Gasteiger partial charge is 0.228 e. The summed E-state index contributed by atoms with van der Waals surface area (Å²) in [5.74, 6) is 0.0424. The lowest BCUT2D eigenvalue weighted by Crippen LogP contribution is -2.24. The van der Waals surface area contributed by atoms with Gasteiger partial charge < -0.3 is 4.90 Å². The van der Waals surface area contributed by atoms with E-state index in [1.54, 1.807) is 23.1 Å². The van der Waals surface area contributed by atoms with E-state index in [0.717, 1.165) is 5.69 Å². The fourth-order valence-electron chi connectivity index (χ4n) is 1.70. The minimum absolute atomic E-state index is 0.0424. The molecule has 82 valence electrons. The van der Waals surface area contributed by atoms with Gasteiger partial charge in [-0.05, 0) is 18.2 Å². The van der Waals surface area contributed by atoms with Gasteiger partial charge in [-0.1, -0.05) is 11.6 Å². The number of amides is 1. The van der Waals surface area contributed by atoms with Crippen LogP contribution < -0.4 is 4.90 Å². The molecule has 0 aromatic heterocycles. The predicted molar refractivity (Wildman–Crippen MR) is 65.9 cm³/mol. The Hall–Kier alpha value is -1.18. The first kappa shape index (κ1) is 11.3. The topological polar surface area (TPSA) is 44.1 Å². The van der Waals surface area contributed by atoms with E-state index in [2.05, 4.69) is 12.6 Å². The lowest BCUT2D eigenvalue weighted by Gasteiger charge is -2.16. The summed E-state index contributed by atoms with van der Waals surface area (Å²) in [6.45, 7) is 0.587. The van der Waals surface area contributed by atoms with Crippen LogP contribution in [0.1, 0.15) is 12.0 Å². The minimum Gasteiger partial charge on any atom is -0.311 e. The van der Waals surface area contributed by atoms with Crippen LogP contribution in [0.2, 0.25) is 5.02 Å². The number of halogens is 1. The van der Waals surface area contributed by atoms with Gasteiger partial charge in [-0.25, -0.2) is 0 Å². The second-order valence-corrected chi connectivity index (χ2v) is 4.78. The maximum absolute atomic E-state index is 11.6. The van der Waals surface area contributed by atoms with Crippen molar-refractivity contribution < 1.29 is 4.79 Å². The van der Waals surface area contributed by atoms with Crippen LogP contribution in [0.25, 0.3) is 0 Å². The van der Waals surface area contributed by atoms with E-state index in [1.165, 1.54) is 0 Å². The highest BCUT2D eigenvalue weighted by Crippen LogP contribution is 2.27. The van der Waals surface area contributed by atoms with Gasteiger partial charge in [-0.2, -0.15) is 17.9 Å². The Balaban J connectivity index is 2.32. The largest absolute Gasteiger partial charge is 0.311 e. The summed E-state index contributed by atoms with van der Waals surface area (Å²) in [4.78, 5) is 13.3. The van der Waals surface area contributed by atoms with Crippen LogP contribution in [-0.4, -0.2) is 17.7 Å². The van der Waals surface area contributed by atoms with Crippen LogP contribution in [0.4, 0.5) is 5.69 Å². The highest BCUT2D eigenvalue weighted by Gasteiger charge is 2.28. The van der Waals surface area contributed by atoms with Crippen LogP contribution in [0.3, 0.4) is 0 Å². The summed E-state index contributed by atoms with van der Waals surface area (Å²) in [6.07, 6.45) is 0.445. The van der Waals surface area contributed by atoms with E-state index in [4.69, 9.17) is 16.9 Å². The number of thiol groups is 1. The van der Waals surface area contributed by atoms with E-state index < -0.39 is 0 Å². The molecule has 0 bridgehead atoms. The molecule has 5 heteroatoms. The number of benzene rings is 1. The number of nitrogens with zero attached hydrogens (tertiary/aromatic N) is 2. The number of carbonyl (C=O) groups excluding carboxylic acids is 1. The van der Waals surface area contributed by atoms with E-state index in [0.29, 0.717) is 23.6 Å². The molecule has 1 unspecified atom stereocenters. The summed E-state index contributed by atoms with van der Waals surface area (Å²) in [5, 5.41) is 9.18. The van der Waals surface area contributed by atoms with Gasteiger partial charge in [0.2, 0.25) is 5.91 Å². The van der Waals surface area contributed by atoms with Gasteiger partial charge >= 0.3 is 0 Å². The lowest BCUT2D eigenvalue weighted by molar-refractivity contribution is -0.117. The van der Waals surface area contributed by atoms with Crippen LogP contribution in [-0.2, 0) is 4.79 Å². The Labute approximate surface area is 104 Å². The third-order valence-corrected chi connectivity index (χ3v) is 3.15. The first-order valence-electron chi connectivity index (χ1n) is 4.80. The molecule has 0 aliphatic carbocycles. The molecule has 1 aromatic rings.